The van der Waals surface area contributed by atoms with Crippen molar-refractivity contribution in [3.05, 3.63) is 35.1 Å². The highest BCUT2D eigenvalue weighted by Crippen LogP contribution is 2.29. The van der Waals surface area contributed by atoms with E-state index in [9.17, 15) is 9.65 Å². The molecular weight excluding hydrogens is 285 g/mol. The maximum absolute atomic E-state index is 13.5. The number of anilines is 2. The van der Waals surface area contributed by atoms with Crippen molar-refractivity contribution in [1.82, 2.24) is 9.97 Å². The maximum Gasteiger partial charge on any atom is 0.222 e. The van der Waals surface area contributed by atoms with Gasteiger partial charge in [0.2, 0.25) is 5.95 Å². The lowest BCUT2D eigenvalue weighted by atomic mass is 10.0. The van der Waals surface area contributed by atoms with E-state index in [4.69, 9.17) is 16.2 Å². The van der Waals surface area contributed by atoms with Gasteiger partial charge in [0, 0.05) is 5.56 Å². The van der Waals surface area contributed by atoms with Gasteiger partial charge in [-0.05, 0) is 37.6 Å². The summed E-state index contributed by atoms with van der Waals surface area (Å²) in [6, 6.07) is 6.10. The number of aromatic nitrogens is 2. The van der Waals surface area contributed by atoms with Crippen molar-refractivity contribution in [3.8, 4) is 17.3 Å². The molecule has 0 spiro atoms. The Morgan fingerprint density at radius 1 is 1.32 bits per heavy atom. The monoisotopic (exact) mass is 301 g/mol. The summed E-state index contributed by atoms with van der Waals surface area (Å²) in [5, 5.41) is 9.26. The van der Waals surface area contributed by atoms with Crippen molar-refractivity contribution < 1.29 is 9.13 Å². The molecule has 0 unspecified atom stereocenters. The first-order valence-corrected chi connectivity index (χ1v) is 6.66. The highest BCUT2D eigenvalue weighted by molar-refractivity contribution is 5.75. The van der Waals surface area contributed by atoms with Gasteiger partial charge in [-0.25, -0.2) is 9.37 Å². The predicted molar refractivity (Wildman–Crippen MR) is 80.9 cm³/mol. The van der Waals surface area contributed by atoms with E-state index in [1.54, 1.807) is 0 Å². The smallest absolute Gasteiger partial charge is 0.222 e. The summed E-state index contributed by atoms with van der Waals surface area (Å²) in [7, 11) is 0. The van der Waals surface area contributed by atoms with Crippen LogP contribution in [-0.2, 0) is 11.3 Å². The van der Waals surface area contributed by atoms with Crippen LogP contribution in [0.3, 0.4) is 0 Å². The lowest BCUT2D eigenvalue weighted by Gasteiger charge is -2.13. The molecule has 0 fully saturated rings. The zero-order chi connectivity index (χ0) is 16.3. The Balaban J connectivity index is 2.60. The highest BCUT2D eigenvalue weighted by atomic mass is 19.1. The third kappa shape index (κ3) is 3.30. The summed E-state index contributed by atoms with van der Waals surface area (Å²) in [4.78, 5) is 7.85. The van der Waals surface area contributed by atoms with Crippen molar-refractivity contribution in [1.29, 1.82) is 5.26 Å². The summed E-state index contributed by atoms with van der Waals surface area (Å²) in [5.41, 5.74) is 12.8. The molecule has 0 atom stereocenters. The molecule has 0 bridgehead atoms. The number of nitrogens with two attached hydrogens (primary N) is 2. The average Bonchev–Trinajstić information content (AvgIpc) is 2.44. The van der Waals surface area contributed by atoms with Crippen LogP contribution in [0.1, 0.15) is 25.0 Å². The van der Waals surface area contributed by atoms with Gasteiger partial charge in [0.05, 0.1) is 18.4 Å². The number of nitriles is 1. The average molecular weight is 301 g/mol. The predicted octanol–water partition coefficient (Wildman–Crippen LogP) is 2.24. The summed E-state index contributed by atoms with van der Waals surface area (Å²) in [6.07, 6.45) is -0.0212. The largest absolute Gasteiger partial charge is 0.382 e. The van der Waals surface area contributed by atoms with Gasteiger partial charge in [-0.3, -0.25) is 0 Å². The molecule has 0 aliphatic heterocycles. The molecule has 0 saturated heterocycles. The lowest BCUT2D eigenvalue weighted by Crippen LogP contribution is -2.08. The van der Waals surface area contributed by atoms with E-state index >= 15 is 0 Å². The summed E-state index contributed by atoms with van der Waals surface area (Å²) in [6.45, 7) is 3.93. The number of ether oxygens (including phenoxy) is 1. The lowest BCUT2D eigenvalue weighted by molar-refractivity contribution is 0.0658. The van der Waals surface area contributed by atoms with Crippen LogP contribution < -0.4 is 11.5 Å². The van der Waals surface area contributed by atoms with Gasteiger partial charge in [-0.2, -0.15) is 10.2 Å². The highest BCUT2D eigenvalue weighted by Gasteiger charge is 2.17. The van der Waals surface area contributed by atoms with Gasteiger partial charge >= 0.3 is 0 Å². The minimum atomic E-state index is -0.403. The van der Waals surface area contributed by atoms with Crippen LogP contribution in [0.25, 0.3) is 11.3 Å². The van der Waals surface area contributed by atoms with Gasteiger partial charge in [-0.1, -0.05) is 0 Å². The Kier molecular flexibility index (Phi) is 4.53. The molecule has 2 aromatic rings. The molecule has 0 saturated carbocycles. The third-order valence-electron chi connectivity index (χ3n) is 2.96. The molecule has 0 amide bonds. The number of nitrogen functional groups attached to an aromatic ring is 2. The number of benzene rings is 1. The third-order valence-corrected chi connectivity index (χ3v) is 2.96. The second-order valence-electron chi connectivity index (χ2n) is 4.96. The van der Waals surface area contributed by atoms with Crippen LogP contribution in [0.5, 0.6) is 0 Å². The van der Waals surface area contributed by atoms with E-state index < -0.39 is 5.82 Å². The van der Waals surface area contributed by atoms with Crippen LogP contribution in [-0.4, -0.2) is 16.1 Å². The van der Waals surface area contributed by atoms with E-state index in [0.29, 0.717) is 11.1 Å². The standard InChI is InChI=1S/C15H16FN5O/c1-8(2)22-7-9-5-10(16)3-4-11(9)13-12(6-17)14(18)21-15(19)20-13/h3-5,8H,7H2,1-2H3,(H4,18,19,20,21). The van der Waals surface area contributed by atoms with Gasteiger partial charge in [-0.15, -0.1) is 0 Å². The molecule has 4 N–H and O–H groups in total. The van der Waals surface area contributed by atoms with Crippen LogP contribution in [0.4, 0.5) is 16.2 Å². The second-order valence-corrected chi connectivity index (χ2v) is 4.96. The fourth-order valence-electron chi connectivity index (χ4n) is 1.97. The molecule has 0 radical (unpaired) electrons. The van der Waals surface area contributed by atoms with E-state index in [-0.39, 0.29) is 35.7 Å². The summed E-state index contributed by atoms with van der Waals surface area (Å²) in [5.74, 6) is -0.462. The van der Waals surface area contributed by atoms with Crippen LogP contribution in [0.2, 0.25) is 0 Å². The van der Waals surface area contributed by atoms with Gasteiger partial charge < -0.3 is 16.2 Å². The van der Waals surface area contributed by atoms with Gasteiger partial charge in [0.15, 0.2) is 0 Å². The molecule has 22 heavy (non-hydrogen) atoms. The molecule has 114 valence electrons. The molecule has 0 aliphatic rings. The first kappa shape index (κ1) is 15.7. The molecule has 1 aromatic carbocycles. The Hall–Kier alpha value is -2.72. The quantitative estimate of drug-likeness (QED) is 0.896. The van der Waals surface area contributed by atoms with Crippen LogP contribution in [0.15, 0.2) is 18.2 Å². The van der Waals surface area contributed by atoms with Crippen LogP contribution in [0, 0.1) is 17.1 Å². The van der Waals surface area contributed by atoms with Crippen molar-refractivity contribution in [2.45, 2.75) is 26.6 Å². The Morgan fingerprint density at radius 2 is 2.05 bits per heavy atom. The molecular formula is C15H16FN5O. The Labute approximate surface area is 127 Å². The number of rotatable bonds is 4. The number of hydrogen-bond donors (Lipinski definition) is 2. The minimum absolute atomic E-state index is 0.00921. The van der Waals surface area contributed by atoms with Gasteiger partial charge in [0.25, 0.3) is 0 Å². The van der Waals surface area contributed by atoms with Crippen molar-refractivity contribution in [3.63, 3.8) is 0 Å². The normalized spacial score (nSPS) is 10.7. The molecule has 6 nitrogen and oxygen atoms in total. The minimum Gasteiger partial charge on any atom is -0.382 e. The molecule has 1 heterocycles. The molecule has 7 heteroatoms. The fourth-order valence-corrected chi connectivity index (χ4v) is 1.97. The number of halogens is 1. The summed E-state index contributed by atoms with van der Waals surface area (Å²) < 4.78 is 19.0. The van der Waals surface area contributed by atoms with E-state index in [2.05, 4.69) is 9.97 Å². The Bertz CT molecular complexity index is 739. The second kappa shape index (κ2) is 6.37. The van der Waals surface area contributed by atoms with Gasteiger partial charge in [0.1, 0.15) is 23.3 Å². The maximum atomic E-state index is 13.5. The fraction of sp³-hybridized carbons (Fsp3) is 0.267. The first-order chi connectivity index (χ1) is 10.4. The van der Waals surface area contributed by atoms with Crippen molar-refractivity contribution in [2.75, 3.05) is 11.5 Å². The topological polar surface area (TPSA) is 111 Å². The zero-order valence-electron chi connectivity index (χ0n) is 12.3. The van der Waals surface area contributed by atoms with Crippen molar-refractivity contribution in [2.24, 2.45) is 0 Å². The molecule has 0 aliphatic carbocycles. The zero-order valence-corrected chi connectivity index (χ0v) is 12.3. The first-order valence-electron chi connectivity index (χ1n) is 6.66. The Morgan fingerprint density at radius 3 is 2.68 bits per heavy atom. The van der Waals surface area contributed by atoms with E-state index in [1.807, 2.05) is 19.9 Å². The molecule has 1 aromatic heterocycles. The van der Waals surface area contributed by atoms with E-state index in [0.717, 1.165) is 0 Å². The van der Waals surface area contributed by atoms with Crippen LogP contribution >= 0.6 is 0 Å². The van der Waals surface area contributed by atoms with E-state index in [1.165, 1.54) is 18.2 Å². The van der Waals surface area contributed by atoms with Crippen molar-refractivity contribution >= 4 is 11.8 Å². The molecule has 2 rings (SSSR count). The SMILES string of the molecule is CC(C)OCc1cc(F)ccc1-c1nc(N)nc(N)c1C#N. The summed E-state index contributed by atoms with van der Waals surface area (Å²) >= 11 is 0. The number of nitrogens with zero attached hydrogens (tertiary/aromatic N) is 3. The number of hydrogen-bond acceptors (Lipinski definition) is 6.